The normalized spacial score (nSPS) is 12.2. The van der Waals surface area contributed by atoms with Crippen LogP contribution in [-0.4, -0.2) is 9.97 Å². The molecule has 1 atom stereocenters. The highest BCUT2D eigenvalue weighted by Crippen LogP contribution is 2.32. The summed E-state index contributed by atoms with van der Waals surface area (Å²) in [5, 5.41) is 5.09. The Balaban J connectivity index is 1.65. The molecule has 0 bridgehead atoms. The number of para-hydroxylation sites is 1. The van der Waals surface area contributed by atoms with E-state index in [9.17, 15) is 4.79 Å². The molecule has 3 aromatic heterocycles. The van der Waals surface area contributed by atoms with Crippen molar-refractivity contribution in [1.29, 1.82) is 0 Å². The largest absolute Gasteiger partial charge is 0.454 e. The molecule has 0 aliphatic heterocycles. The molecule has 0 saturated heterocycles. The highest BCUT2D eigenvalue weighted by molar-refractivity contribution is 5.86. The number of fused-ring (bicyclic) bond motifs is 2. The molecule has 0 aliphatic rings. The van der Waals surface area contributed by atoms with Crippen molar-refractivity contribution < 1.29 is 4.42 Å². The maximum absolute atomic E-state index is 13.1. The van der Waals surface area contributed by atoms with Gasteiger partial charge in [-0.1, -0.05) is 36.9 Å². The van der Waals surface area contributed by atoms with Gasteiger partial charge in [-0.2, -0.15) is 0 Å². The summed E-state index contributed by atoms with van der Waals surface area (Å²) in [5.74, 6) is 0.502. The van der Waals surface area contributed by atoms with Gasteiger partial charge in [0.2, 0.25) is 0 Å². The molecule has 5 nitrogen and oxygen atoms in total. The molecular formula is C27H23N3O2. The highest BCUT2D eigenvalue weighted by Gasteiger charge is 2.17. The van der Waals surface area contributed by atoms with Crippen LogP contribution >= 0.6 is 0 Å². The van der Waals surface area contributed by atoms with Crippen LogP contribution in [0.15, 0.2) is 82.8 Å². The minimum absolute atomic E-state index is 0.0679. The standard InChI is InChI=1S/C27H23N3O2/c1-4-18-7-5-6-8-22(18)29-17(3)20-11-16(2)12-21-25(31)14-26(32-27(20)21)24-13-19-15-28-10-9-23(19)30-24/h4-15,17,29-30H,1H2,2-3H3. The second-order valence-electron chi connectivity index (χ2n) is 8.01. The first-order chi connectivity index (χ1) is 15.5. The number of aromatic nitrogens is 2. The van der Waals surface area contributed by atoms with E-state index in [0.717, 1.165) is 39.0 Å². The van der Waals surface area contributed by atoms with Crippen molar-refractivity contribution in [3.05, 3.63) is 100 Å². The number of nitrogens with zero attached hydrogens (tertiary/aromatic N) is 1. The molecule has 5 heteroatoms. The van der Waals surface area contributed by atoms with E-state index in [-0.39, 0.29) is 11.5 Å². The summed E-state index contributed by atoms with van der Waals surface area (Å²) < 4.78 is 6.35. The number of H-pyrrole nitrogens is 1. The zero-order chi connectivity index (χ0) is 22.2. The first kappa shape index (κ1) is 19.8. The number of benzene rings is 2. The summed E-state index contributed by atoms with van der Waals surface area (Å²) in [4.78, 5) is 20.5. The lowest BCUT2D eigenvalue weighted by Crippen LogP contribution is -2.10. The van der Waals surface area contributed by atoms with Crippen LogP contribution in [0.4, 0.5) is 5.69 Å². The number of hydrogen-bond acceptors (Lipinski definition) is 4. The quantitative estimate of drug-likeness (QED) is 0.342. The molecular weight excluding hydrogens is 398 g/mol. The predicted molar refractivity (Wildman–Crippen MR) is 131 cm³/mol. The summed E-state index contributed by atoms with van der Waals surface area (Å²) in [6.07, 6.45) is 5.34. The Hall–Kier alpha value is -4.12. The fourth-order valence-electron chi connectivity index (χ4n) is 4.11. The van der Waals surface area contributed by atoms with Crippen molar-refractivity contribution in [2.45, 2.75) is 19.9 Å². The van der Waals surface area contributed by atoms with Crippen LogP contribution in [0.3, 0.4) is 0 Å². The summed E-state index contributed by atoms with van der Waals surface area (Å²) in [7, 11) is 0. The highest BCUT2D eigenvalue weighted by atomic mass is 16.3. The molecule has 0 aliphatic carbocycles. The lowest BCUT2D eigenvalue weighted by atomic mass is 10.0. The molecule has 0 spiro atoms. The molecule has 5 aromatic rings. The number of aryl methyl sites for hydroxylation is 1. The van der Waals surface area contributed by atoms with Gasteiger partial charge in [-0.05, 0) is 49.2 Å². The second-order valence-corrected chi connectivity index (χ2v) is 8.01. The fraction of sp³-hybridized carbons (Fsp3) is 0.111. The fourth-order valence-corrected chi connectivity index (χ4v) is 4.11. The average Bonchev–Trinajstić information content (AvgIpc) is 3.24. The van der Waals surface area contributed by atoms with Crippen molar-refractivity contribution >= 4 is 33.6 Å². The van der Waals surface area contributed by atoms with Crippen molar-refractivity contribution in [2.24, 2.45) is 0 Å². The summed E-state index contributed by atoms with van der Waals surface area (Å²) in [6.45, 7) is 7.96. The van der Waals surface area contributed by atoms with Gasteiger partial charge in [0.05, 0.1) is 17.1 Å². The number of hydrogen-bond donors (Lipinski definition) is 2. The van der Waals surface area contributed by atoms with E-state index in [2.05, 4.69) is 34.9 Å². The lowest BCUT2D eigenvalue weighted by molar-refractivity contribution is 0.608. The zero-order valence-corrected chi connectivity index (χ0v) is 18.0. The molecule has 0 amide bonds. The maximum atomic E-state index is 13.1. The molecule has 2 N–H and O–H groups in total. The summed E-state index contributed by atoms with van der Waals surface area (Å²) in [6, 6.07) is 17.3. The van der Waals surface area contributed by atoms with E-state index in [1.54, 1.807) is 18.5 Å². The molecule has 158 valence electrons. The topological polar surface area (TPSA) is 70.9 Å². The van der Waals surface area contributed by atoms with Crippen LogP contribution in [0.5, 0.6) is 0 Å². The van der Waals surface area contributed by atoms with Gasteiger partial charge in [0.1, 0.15) is 5.58 Å². The van der Waals surface area contributed by atoms with Gasteiger partial charge in [0.15, 0.2) is 11.2 Å². The Morgan fingerprint density at radius 1 is 1.16 bits per heavy atom. The first-order valence-electron chi connectivity index (χ1n) is 10.5. The monoisotopic (exact) mass is 421 g/mol. The van der Waals surface area contributed by atoms with E-state index >= 15 is 0 Å². The van der Waals surface area contributed by atoms with Crippen molar-refractivity contribution in [1.82, 2.24) is 9.97 Å². The number of pyridine rings is 1. The Labute approximate surface area is 185 Å². The molecule has 32 heavy (non-hydrogen) atoms. The van der Waals surface area contributed by atoms with Crippen LogP contribution < -0.4 is 10.7 Å². The van der Waals surface area contributed by atoms with Gasteiger partial charge < -0.3 is 14.7 Å². The Morgan fingerprint density at radius 3 is 2.81 bits per heavy atom. The van der Waals surface area contributed by atoms with Gasteiger partial charge in [-0.15, -0.1) is 0 Å². The molecule has 3 heterocycles. The van der Waals surface area contributed by atoms with E-state index in [0.29, 0.717) is 16.7 Å². The third-order valence-corrected chi connectivity index (χ3v) is 5.71. The van der Waals surface area contributed by atoms with Crippen molar-refractivity contribution in [3.8, 4) is 11.5 Å². The molecule has 0 saturated carbocycles. The minimum atomic E-state index is -0.0937. The van der Waals surface area contributed by atoms with Crippen molar-refractivity contribution in [3.63, 3.8) is 0 Å². The number of anilines is 1. The number of aromatic amines is 1. The Bertz CT molecular complexity index is 1490. The van der Waals surface area contributed by atoms with Gasteiger partial charge >= 0.3 is 0 Å². The Morgan fingerprint density at radius 2 is 2.00 bits per heavy atom. The van der Waals surface area contributed by atoms with E-state index in [1.165, 1.54) is 0 Å². The molecule has 2 aromatic carbocycles. The van der Waals surface area contributed by atoms with Gasteiger partial charge in [0, 0.05) is 40.6 Å². The molecule has 0 fully saturated rings. The smallest absolute Gasteiger partial charge is 0.193 e. The van der Waals surface area contributed by atoms with Gasteiger partial charge in [-0.25, -0.2) is 0 Å². The van der Waals surface area contributed by atoms with Crippen molar-refractivity contribution in [2.75, 3.05) is 5.32 Å². The Kier molecular flexibility index (Phi) is 4.86. The van der Waals surface area contributed by atoms with Crippen LogP contribution in [0.2, 0.25) is 0 Å². The van der Waals surface area contributed by atoms with Crippen LogP contribution in [-0.2, 0) is 0 Å². The number of rotatable bonds is 5. The molecule has 1 unspecified atom stereocenters. The molecule has 0 radical (unpaired) electrons. The van der Waals surface area contributed by atoms with Gasteiger partial charge in [-0.3, -0.25) is 9.78 Å². The second kappa shape index (κ2) is 7.85. The van der Waals surface area contributed by atoms with Crippen LogP contribution in [0.25, 0.3) is 39.4 Å². The van der Waals surface area contributed by atoms with E-state index in [4.69, 9.17) is 4.42 Å². The summed E-state index contributed by atoms with van der Waals surface area (Å²) >= 11 is 0. The maximum Gasteiger partial charge on any atom is 0.193 e. The predicted octanol–water partition coefficient (Wildman–Crippen LogP) is 6.46. The average molecular weight is 422 g/mol. The van der Waals surface area contributed by atoms with Crippen LogP contribution in [0.1, 0.15) is 29.7 Å². The van der Waals surface area contributed by atoms with Crippen LogP contribution in [0, 0.1) is 6.92 Å². The zero-order valence-electron chi connectivity index (χ0n) is 18.0. The molecule has 5 rings (SSSR count). The third-order valence-electron chi connectivity index (χ3n) is 5.71. The SMILES string of the molecule is C=Cc1ccccc1NC(C)c1cc(C)cc2c(=O)cc(-c3cc4cnccc4[nH]3)oc12. The minimum Gasteiger partial charge on any atom is -0.454 e. The summed E-state index contributed by atoms with van der Waals surface area (Å²) in [5.41, 5.74) is 6.14. The lowest BCUT2D eigenvalue weighted by Gasteiger charge is -2.19. The number of nitrogens with one attached hydrogen (secondary N) is 2. The van der Waals surface area contributed by atoms with Gasteiger partial charge in [0.25, 0.3) is 0 Å². The van der Waals surface area contributed by atoms with E-state index in [1.807, 2.05) is 55.5 Å². The van der Waals surface area contributed by atoms with E-state index < -0.39 is 0 Å². The third kappa shape index (κ3) is 3.48. The first-order valence-corrected chi connectivity index (χ1v) is 10.5.